The molecular weight excluding hydrogens is 304 g/mol. The van der Waals surface area contributed by atoms with Crippen LogP contribution in [0.3, 0.4) is 0 Å². The monoisotopic (exact) mass is 318 g/mol. The van der Waals surface area contributed by atoms with Crippen LogP contribution in [-0.2, 0) is 0 Å². The molecule has 23 heavy (non-hydrogen) atoms. The normalized spacial score (nSPS) is 10.5. The number of nitrogens with one attached hydrogen (secondary N) is 1. The van der Waals surface area contributed by atoms with Crippen LogP contribution in [0, 0.1) is 10.1 Å². The van der Waals surface area contributed by atoms with E-state index in [-0.39, 0.29) is 11.6 Å². The summed E-state index contributed by atoms with van der Waals surface area (Å²) in [6, 6.07) is 5.15. The Morgan fingerprint density at radius 3 is 2.78 bits per heavy atom. The summed E-state index contributed by atoms with van der Waals surface area (Å²) >= 11 is 0. The Morgan fingerprint density at radius 1 is 1.35 bits per heavy atom. The molecular formula is C13H14N6O4. The van der Waals surface area contributed by atoms with Crippen LogP contribution in [0.4, 0.5) is 17.3 Å². The molecule has 2 aromatic rings. The van der Waals surface area contributed by atoms with Crippen LogP contribution in [-0.4, -0.2) is 35.3 Å². The molecule has 0 bridgehead atoms. The molecule has 0 aliphatic heterocycles. The molecule has 1 heterocycles. The van der Waals surface area contributed by atoms with Gasteiger partial charge in [0.15, 0.2) is 0 Å². The number of hydrazone groups is 1. The van der Waals surface area contributed by atoms with Gasteiger partial charge in [-0.3, -0.25) is 15.5 Å². The number of nitrogens with two attached hydrogens (primary N) is 1. The van der Waals surface area contributed by atoms with Crippen molar-refractivity contribution >= 4 is 23.5 Å². The second kappa shape index (κ2) is 7.02. The van der Waals surface area contributed by atoms with Gasteiger partial charge in [-0.2, -0.15) is 5.10 Å². The van der Waals surface area contributed by atoms with Crippen molar-refractivity contribution in [1.82, 2.24) is 9.97 Å². The van der Waals surface area contributed by atoms with Gasteiger partial charge in [-0.05, 0) is 18.2 Å². The number of aromatic nitrogens is 2. The summed E-state index contributed by atoms with van der Waals surface area (Å²) in [6.45, 7) is 0. The van der Waals surface area contributed by atoms with Gasteiger partial charge in [0, 0.05) is 5.56 Å². The van der Waals surface area contributed by atoms with Gasteiger partial charge in [-0.1, -0.05) is 0 Å². The molecule has 0 aliphatic carbocycles. The molecule has 0 spiro atoms. The van der Waals surface area contributed by atoms with Crippen LogP contribution in [0.2, 0.25) is 0 Å². The summed E-state index contributed by atoms with van der Waals surface area (Å²) in [5, 5.41) is 14.9. The molecule has 0 aliphatic rings. The van der Waals surface area contributed by atoms with Gasteiger partial charge in [0.1, 0.15) is 17.8 Å². The molecule has 1 aromatic heterocycles. The lowest BCUT2D eigenvalue weighted by molar-refractivity contribution is -0.383. The lowest BCUT2D eigenvalue weighted by Crippen LogP contribution is -2.05. The zero-order chi connectivity index (χ0) is 16.8. The minimum absolute atomic E-state index is 0.111. The summed E-state index contributed by atoms with van der Waals surface area (Å²) in [6.07, 6.45) is 2.52. The van der Waals surface area contributed by atoms with Crippen LogP contribution in [0.5, 0.6) is 11.5 Å². The molecule has 0 amide bonds. The quantitative estimate of drug-likeness (QED) is 0.463. The predicted molar refractivity (Wildman–Crippen MR) is 83.9 cm³/mol. The fourth-order valence-corrected chi connectivity index (χ4v) is 1.76. The van der Waals surface area contributed by atoms with Gasteiger partial charge < -0.3 is 15.2 Å². The maximum Gasteiger partial charge on any atom is 0.354 e. The summed E-state index contributed by atoms with van der Waals surface area (Å²) < 4.78 is 10.3. The molecule has 10 heteroatoms. The van der Waals surface area contributed by atoms with Crippen molar-refractivity contribution < 1.29 is 14.4 Å². The van der Waals surface area contributed by atoms with E-state index in [0.29, 0.717) is 17.1 Å². The molecule has 0 fully saturated rings. The Balaban J connectivity index is 2.26. The highest BCUT2D eigenvalue weighted by molar-refractivity contribution is 5.85. The van der Waals surface area contributed by atoms with E-state index < -0.39 is 10.6 Å². The average molecular weight is 318 g/mol. The van der Waals surface area contributed by atoms with Crippen molar-refractivity contribution in [2.24, 2.45) is 5.10 Å². The van der Waals surface area contributed by atoms with Crippen LogP contribution in [0.25, 0.3) is 0 Å². The lowest BCUT2D eigenvalue weighted by Gasteiger charge is -2.07. The van der Waals surface area contributed by atoms with E-state index in [4.69, 9.17) is 15.2 Å². The highest BCUT2D eigenvalue weighted by Crippen LogP contribution is 2.26. The third-order valence-corrected chi connectivity index (χ3v) is 2.84. The molecule has 0 radical (unpaired) electrons. The minimum atomic E-state index is -0.681. The SMILES string of the molecule is COc1ccc(OC)c(/C=N/Nc2ncnc(N)c2[N+](=O)[O-])c1. The lowest BCUT2D eigenvalue weighted by atomic mass is 10.2. The van der Waals surface area contributed by atoms with Gasteiger partial charge >= 0.3 is 5.69 Å². The smallest absolute Gasteiger partial charge is 0.354 e. The highest BCUT2D eigenvalue weighted by Gasteiger charge is 2.20. The fraction of sp³-hybridized carbons (Fsp3) is 0.154. The summed E-state index contributed by atoms with van der Waals surface area (Å²) in [5.41, 5.74) is 8.11. The van der Waals surface area contributed by atoms with E-state index in [0.717, 1.165) is 6.33 Å². The van der Waals surface area contributed by atoms with E-state index in [1.54, 1.807) is 18.2 Å². The van der Waals surface area contributed by atoms with Crippen molar-refractivity contribution in [3.05, 3.63) is 40.2 Å². The summed E-state index contributed by atoms with van der Waals surface area (Å²) in [5.74, 6) is 0.819. The molecule has 120 valence electrons. The van der Waals surface area contributed by atoms with E-state index in [1.165, 1.54) is 20.4 Å². The Labute approximate surface area is 131 Å². The number of hydrogen-bond donors (Lipinski definition) is 2. The van der Waals surface area contributed by atoms with Gasteiger partial charge in [0.05, 0.1) is 25.4 Å². The first-order valence-corrected chi connectivity index (χ1v) is 6.32. The Bertz CT molecular complexity index is 749. The first kappa shape index (κ1) is 15.9. The topological polar surface area (TPSA) is 138 Å². The van der Waals surface area contributed by atoms with E-state index >= 15 is 0 Å². The van der Waals surface area contributed by atoms with E-state index in [1.807, 2.05) is 0 Å². The average Bonchev–Trinajstić information content (AvgIpc) is 2.54. The first-order chi connectivity index (χ1) is 11.1. The molecule has 0 saturated heterocycles. The number of ether oxygens (including phenoxy) is 2. The molecule has 0 atom stereocenters. The predicted octanol–water partition coefficient (Wildman–Crippen LogP) is 1.43. The van der Waals surface area contributed by atoms with Crippen molar-refractivity contribution in [3.8, 4) is 11.5 Å². The minimum Gasteiger partial charge on any atom is -0.497 e. The van der Waals surface area contributed by atoms with Crippen molar-refractivity contribution in [3.63, 3.8) is 0 Å². The highest BCUT2D eigenvalue weighted by atomic mass is 16.6. The fourth-order valence-electron chi connectivity index (χ4n) is 1.76. The van der Waals surface area contributed by atoms with Crippen LogP contribution < -0.4 is 20.6 Å². The number of anilines is 2. The third kappa shape index (κ3) is 3.61. The van der Waals surface area contributed by atoms with Gasteiger partial charge in [-0.15, -0.1) is 0 Å². The number of rotatable bonds is 6. The van der Waals surface area contributed by atoms with Gasteiger partial charge in [-0.25, -0.2) is 9.97 Å². The largest absolute Gasteiger partial charge is 0.497 e. The molecule has 0 unspecified atom stereocenters. The van der Waals surface area contributed by atoms with Crippen molar-refractivity contribution in [2.45, 2.75) is 0 Å². The number of nitro groups is 1. The number of nitrogens with zero attached hydrogens (tertiary/aromatic N) is 4. The molecule has 3 N–H and O–H groups in total. The van der Waals surface area contributed by atoms with Crippen LogP contribution >= 0.6 is 0 Å². The Hall–Kier alpha value is -3.43. The zero-order valence-electron chi connectivity index (χ0n) is 12.4. The molecule has 0 saturated carbocycles. The zero-order valence-corrected chi connectivity index (χ0v) is 12.4. The van der Waals surface area contributed by atoms with Crippen LogP contribution in [0.1, 0.15) is 5.56 Å². The standard InChI is InChI=1S/C13H14N6O4/c1-22-9-3-4-10(23-2)8(5-9)6-17-18-13-11(19(20)21)12(14)15-7-16-13/h3-7H,1-2H3,(H3,14,15,16,18)/b17-6+. The van der Waals surface area contributed by atoms with Gasteiger partial charge in [0.2, 0.25) is 11.6 Å². The maximum atomic E-state index is 11.0. The Kier molecular flexibility index (Phi) is 4.87. The number of benzene rings is 1. The second-order valence-corrected chi connectivity index (χ2v) is 4.19. The summed E-state index contributed by atoms with van der Waals surface area (Å²) in [4.78, 5) is 17.6. The van der Waals surface area contributed by atoms with Crippen molar-refractivity contribution in [2.75, 3.05) is 25.4 Å². The van der Waals surface area contributed by atoms with E-state index in [9.17, 15) is 10.1 Å². The van der Waals surface area contributed by atoms with Crippen LogP contribution in [0.15, 0.2) is 29.6 Å². The number of nitrogen functional groups attached to an aromatic ring is 1. The second-order valence-electron chi connectivity index (χ2n) is 4.19. The molecule has 10 nitrogen and oxygen atoms in total. The van der Waals surface area contributed by atoms with Crippen molar-refractivity contribution in [1.29, 1.82) is 0 Å². The number of methoxy groups -OCH3 is 2. The third-order valence-electron chi connectivity index (χ3n) is 2.84. The number of hydrogen-bond acceptors (Lipinski definition) is 9. The first-order valence-electron chi connectivity index (χ1n) is 6.32. The van der Waals surface area contributed by atoms with Gasteiger partial charge in [0.25, 0.3) is 0 Å². The Morgan fingerprint density at radius 2 is 2.13 bits per heavy atom. The molecule has 1 aromatic carbocycles. The molecule has 2 rings (SSSR count). The van der Waals surface area contributed by atoms with E-state index in [2.05, 4.69) is 20.5 Å². The maximum absolute atomic E-state index is 11.0. The summed E-state index contributed by atoms with van der Waals surface area (Å²) in [7, 11) is 3.05.